The van der Waals surface area contributed by atoms with E-state index in [0.717, 1.165) is 0 Å². The molecule has 0 saturated carbocycles. The lowest BCUT2D eigenvalue weighted by Crippen LogP contribution is -2.32. The number of carbonyl (C=O) groups is 2. The average molecular weight is 268 g/mol. The van der Waals surface area contributed by atoms with Crippen LogP contribution < -0.4 is 0 Å². The number of carbonyl (C=O) groups excluding carboxylic acids is 2. The van der Waals surface area contributed by atoms with Gasteiger partial charge in [0.25, 0.3) is 5.95 Å². The monoisotopic (exact) mass is 268 g/mol. The number of aliphatic hydroxyl groups is 1. The Labute approximate surface area is 112 Å². The van der Waals surface area contributed by atoms with Crippen molar-refractivity contribution in [1.82, 2.24) is 0 Å². The standard InChI is InChI=1S/C14H20O5/c1-9(15)7-5-6-8-14(3)12(17)11(10(2)16)13(18-4)19-14/h6,8-9,15H,5,7H2,1-4H3/b8-6+/t9-,14-/m0/s1. The first-order valence-corrected chi connectivity index (χ1v) is 6.20. The fourth-order valence-corrected chi connectivity index (χ4v) is 1.83. The molecule has 1 aliphatic heterocycles. The van der Waals surface area contributed by atoms with Crippen molar-refractivity contribution in [3.05, 3.63) is 23.7 Å². The molecule has 0 aromatic rings. The highest BCUT2D eigenvalue weighted by atomic mass is 16.7. The van der Waals surface area contributed by atoms with Crippen molar-refractivity contribution >= 4 is 11.6 Å². The van der Waals surface area contributed by atoms with Crippen molar-refractivity contribution in [1.29, 1.82) is 0 Å². The molecule has 1 heterocycles. The van der Waals surface area contributed by atoms with E-state index in [1.165, 1.54) is 14.0 Å². The number of hydrogen-bond acceptors (Lipinski definition) is 5. The molecule has 1 N–H and O–H groups in total. The van der Waals surface area contributed by atoms with Gasteiger partial charge in [-0.05, 0) is 39.7 Å². The fourth-order valence-electron chi connectivity index (χ4n) is 1.83. The first-order valence-electron chi connectivity index (χ1n) is 6.20. The molecular weight excluding hydrogens is 248 g/mol. The predicted molar refractivity (Wildman–Crippen MR) is 69.3 cm³/mol. The maximum atomic E-state index is 12.2. The number of rotatable bonds is 6. The molecule has 106 valence electrons. The molecule has 2 atom stereocenters. The van der Waals surface area contributed by atoms with Crippen molar-refractivity contribution in [2.24, 2.45) is 0 Å². The van der Waals surface area contributed by atoms with Crippen molar-refractivity contribution in [3.8, 4) is 0 Å². The van der Waals surface area contributed by atoms with E-state index in [1.54, 1.807) is 26.0 Å². The topological polar surface area (TPSA) is 72.8 Å². The SMILES string of the molecule is COC1=C(C(C)=O)C(=O)[C@](C)(/C=C/CC[C@H](C)O)O1. The Hall–Kier alpha value is -1.62. The van der Waals surface area contributed by atoms with Gasteiger partial charge in [0.15, 0.2) is 11.4 Å². The van der Waals surface area contributed by atoms with Gasteiger partial charge in [-0.2, -0.15) is 0 Å². The highest BCUT2D eigenvalue weighted by Crippen LogP contribution is 2.32. The third-order valence-electron chi connectivity index (χ3n) is 2.91. The summed E-state index contributed by atoms with van der Waals surface area (Å²) in [5.41, 5.74) is -1.24. The van der Waals surface area contributed by atoms with Crippen LogP contribution in [0.1, 0.15) is 33.6 Å². The Morgan fingerprint density at radius 1 is 1.58 bits per heavy atom. The van der Waals surface area contributed by atoms with E-state index in [0.29, 0.717) is 12.8 Å². The number of aliphatic hydroxyl groups excluding tert-OH is 1. The lowest BCUT2D eigenvalue weighted by molar-refractivity contribution is -0.128. The van der Waals surface area contributed by atoms with Crippen molar-refractivity contribution < 1.29 is 24.2 Å². The minimum absolute atomic E-state index is 0.0276. The van der Waals surface area contributed by atoms with Gasteiger partial charge in [-0.25, -0.2) is 0 Å². The summed E-state index contributed by atoms with van der Waals surface area (Å²) in [5.74, 6) is -0.798. The summed E-state index contributed by atoms with van der Waals surface area (Å²) in [6, 6.07) is 0. The molecule has 0 bridgehead atoms. The zero-order chi connectivity index (χ0) is 14.6. The lowest BCUT2D eigenvalue weighted by Gasteiger charge is -2.18. The molecule has 1 rings (SSSR count). The molecule has 0 spiro atoms. The third kappa shape index (κ3) is 3.44. The summed E-state index contributed by atoms with van der Waals surface area (Å²) in [6.07, 6.45) is 4.21. The van der Waals surface area contributed by atoms with Crippen molar-refractivity contribution in [2.45, 2.75) is 45.3 Å². The number of methoxy groups -OCH3 is 1. The quantitative estimate of drug-likeness (QED) is 0.584. The van der Waals surface area contributed by atoms with Gasteiger partial charge in [0.05, 0.1) is 13.2 Å². The normalized spacial score (nSPS) is 24.8. The smallest absolute Gasteiger partial charge is 0.295 e. The van der Waals surface area contributed by atoms with Crippen LogP contribution in [0, 0.1) is 0 Å². The predicted octanol–water partition coefficient (Wildman–Crippen LogP) is 1.51. The Balaban J connectivity index is 2.82. The highest BCUT2D eigenvalue weighted by Gasteiger charge is 2.46. The van der Waals surface area contributed by atoms with E-state index in [-0.39, 0.29) is 17.3 Å². The molecule has 0 fully saturated rings. The van der Waals surface area contributed by atoms with Crippen LogP contribution in [0.4, 0.5) is 0 Å². The first kappa shape index (κ1) is 15.4. The molecule has 19 heavy (non-hydrogen) atoms. The number of hydrogen-bond donors (Lipinski definition) is 1. The number of Topliss-reactive ketones (excluding diaryl/α,β-unsaturated/α-hetero) is 2. The van der Waals surface area contributed by atoms with E-state index in [4.69, 9.17) is 14.6 Å². The molecule has 0 aromatic heterocycles. The minimum atomic E-state index is -1.20. The van der Waals surface area contributed by atoms with Crippen LogP contribution in [0.3, 0.4) is 0 Å². The maximum Gasteiger partial charge on any atom is 0.295 e. The molecule has 1 aliphatic rings. The van der Waals surface area contributed by atoms with Gasteiger partial charge in [-0.3, -0.25) is 9.59 Å². The summed E-state index contributed by atoms with van der Waals surface area (Å²) in [7, 11) is 1.36. The Bertz CT molecular complexity index is 433. The zero-order valence-electron chi connectivity index (χ0n) is 11.7. The van der Waals surface area contributed by atoms with E-state index in [2.05, 4.69) is 0 Å². The largest absolute Gasteiger partial charge is 0.468 e. The number of allylic oxidation sites excluding steroid dienone is 1. The highest BCUT2D eigenvalue weighted by molar-refractivity contribution is 6.24. The van der Waals surface area contributed by atoms with Gasteiger partial charge in [0, 0.05) is 0 Å². The molecule has 0 radical (unpaired) electrons. The Morgan fingerprint density at radius 2 is 2.21 bits per heavy atom. The van der Waals surface area contributed by atoms with Crippen LogP contribution in [0.25, 0.3) is 0 Å². The number of ketones is 2. The van der Waals surface area contributed by atoms with Crippen molar-refractivity contribution in [2.75, 3.05) is 7.11 Å². The summed E-state index contributed by atoms with van der Waals surface area (Å²) in [4.78, 5) is 23.6. The third-order valence-corrected chi connectivity index (χ3v) is 2.91. The van der Waals surface area contributed by atoms with Gasteiger partial charge in [0.1, 0.15) is 5.57 Å². The van der Waals surface area contributed by atoms with Crippen LogP contribution in [-0.2, 0) is 19.1 Å². The van der Waals surface area contributed by atoms with Gasteiger partial charge < -0.3 is 14.6 Å². The summed E-state index contributed by atoms with van der Waals surface area (Å²) in [6.45, 7) is 4.59. The molecule has 0 unspecified atom stereocenters. The van der Waals surface area contributed by atoms with Gasteiger partial charge in [-0.15, -0.1) is 0 Å². The number of ether oxygens (including phenoxy) is 2. The second-order valence-electron chi connectivity index (χ2n) is 4.79. The summed E-state index contributed by atoms with van der Waals surface area (Å²) in [5, 5.41) is 9.15. The molecule has 0 saturated heterocycles. The van der Waals surface area contributed by atoms with Crippen LogP contribution in [-0.4, -0.2) is 35.5 Å². The van der Waals surface area contributed by atoms with Crippen LogP contribution in [0.5, 0.6) is 0 Å². The molecular formula is C14H20O5. The lowest BCUT2D eigenvalue weighted by atomic mass is 9.94. The first-order chi connectivity index (χ1) is 8.81. The molecule has 0 amide bonds. The van der Waals surface area contributed by atoms with Crippen molar-refractivity contribution in [3.63, 3.8) is 0 Å². The van der Waals surface area contributed by atoms with E-state index in [1.807, 2.05) is 0 Å². The second kappa shape index (κ2) is 6.02. The Morgan fingerprint density at radius 3 is 2.63 bits per heavy atom. The average Bonchev–Trinajstić information content (AvgIpc) is 2.58. The molecule has 0 aliphatic carbocycles. The van der Waals surface area contributed by atoms with Crippen LogP contribution in [0.15, 0.2) is 23.7 Å². The van der Waals surface area contributed by atoms with E-state index < -0.39 is 17.5 Å². The van der Waals surface area contributed by atoms with Gasteiger partial charge in [0.2, 0.25) is 5.78 Å². The molecule has 0 aromatic carbocycles. The van der Waals surface area contributed by atoms with Gasteiger partial charge >= 0.3 is 0 Å². The van der Waals surface area contributed by atoms with Crippen LogP contribution in [0.2, 0.25) is 0 Å². The summed E-state index contributed by atoms with van der Waals surface area (Å²) < 4.78 is 10.4. The minimum Gasteiger partial charge on any atom is -0.468 e. The Kier molecular flexibility index (Phi) is 4.89. The molecule has 5 heteroatoms. The second-order valence-corrected chi connectivity index (χ2v) is 4.79. The summed E-state index contributed by atoms with van der Waals surface area (Å²) >= 11 is 0. The van der Waals surface area contributed by atoms with Gasteiger partial charge in [-0.1, -0.05) is 6.08 Å². The fraction of sp³-hybridized carbons (Fsp3) is 0.571. The van der Waals surface area contributed by atoms with E-state index in [9.17, 15) is 9.59 Å². The molecule has 5 nitrogen and oxygen atoms in total. The zero-order valence-corrected chi connectivity index (χ0v) is 11.7. The van der Waals surface area contributed by atoms with Crippen LogP contribution >= 0.6 is 0 Å². The maximum absolute atomic E-state index is 12.2. The van der Waals surface area contributed by atoms with E-state index >= 15 is 0 Å².